The Labute approximate surface area is 145 Å². The molecule has 25 heavy (non-hydrogen) atoms. The molecule has 2 rings (SSSR count). The van der Waals surface area contributed by atoms with Gasteiger partial charge in [-0.25, -0.2) is 0 Å². The number of nitro benzene ring substituents is 1. The predicted molar refractivity (Wildman–Crippen MR) is 94.4 cm³/mol. The summed E-state index contributed by atoms with van der Waals surface area (Å²) in [5.74, 6) is 0.473. The molecule has 132 valence electrons. The SMILES string of the molecule is CCCCOc1ccc(C(=O)Nc2ccc(OC)c([N+](=O)[O-])c2)cc1. The van der Waals surface area contributed by atoms with Crippen LogP contribution in [0.4, 0.5) is 11.4 Å². The summed E-state index contributed by atoms with van der Waals surface area (Å²) in [4.78, 5) is 22.7. The lowest BCUT2D eigenvalue weighted by Gasteiger charge is -2.08. The highest BCUT2D eigenvalue weighted by Crippen LogP contribution is 2.29. The molecule has 0 unspecified atom stereocenters. The summed E-state index contributed by atoms with van der Waals surface area (Å²) in [6.45, 7) is 2.72. The average molecular weight is 344 g/mol. The summed E-state index contributed by atoms with van der Waals surface area (Å²) in [6.07, 6.45) is 2.02. The molecule has 0 heterocycles. The monoisotopic (exact) mass is 344 g/mol. The summed E-state index contributed by atoms with van der Waals surface area (Å²) in [7, 11) is 1.35. The minimum atomic E-state index is -0.559. The van der Waals surface area contributed by atoms with Crippen LogP contribution >= 0.6 is 0 Å². The van der Waals surface area contributed by atoms with Crippen molar-refractivity contribution >= 4 is 17.3 Å². The fourth-order valence-electron chi connectivity index (χ4n) is 2.15. The van der Waals surface area contributed by atoms with Crippen molar-refractivity contribution in [1.29, 1.82) is 0 Å². The third-order valence-electron chi connectivity index (χ3n) is 3.52. The number of carbonyl (C=O) groups excluding carboxylic acids is 1. The van der Waals surface area contributed by atoms with Crippen LogP contribution < -0.4 is 14.8 Å². The van der Waals surface area contributed by atoms with Crippen LogP contribution in [0.5, 0.6) is 11.5 Å². The Morgan fingerprint density at radius 3 is 2.52 bits per heavy atom. The Bertz CT molecular complexity index is 744. The third-order valence-corrected chi connectivity index (χ3v) is 3.52. The highest BCUT2D eigenvalue weighted by molar-refractivity contribution is 6.04. The second kappa shape index (κ2) is 8.68. The Kier molecular flexibility index (Phi) is 6.33. The smallest absolute Gasteiger partial charge is 0.312 e. The van der Waals surface area contributed by atoms with Crippen LogP contribution in [0.2, 0.25) is 0 Å². The normalized spacial score (nSPS) is 10.2. The zero-order valence-electron chi connectivity index (χ0n) is 14.2. The largest absolute Gasteiger partial charge is 0.494 e. The molecule has 1 N–H and O–H groups in total. The number of anilines is 1. The van der Waals surface area contributed by atoms with Crippen LogP contribution in [-0.4, -0.2) is 24.5 Å². The van der Waals surface area contributed by atoms with Crippen LogP contribution in [0.15, 0.2) is 42.5 Å². The Balaban J connectivity index is 2.06. The molecule has 7 nitrogen and oxygen atoms in total. The van der Waals surface area contributed by atoms with E-state index in [-0.39, 0.29) is 17.3 Å². The van der Waals surface area contributed by atoms with Crippen molar-refractivity contribution in [3.05, 3.63) is 58.1 Å². The van der Waals surface area contributed by atoms with E-state index in [0.717, 1.165) is 12.8 Å². The van der Waals surface area contributed by atoms with E-state index in [2.05, 4.69) is 12.2 Å². The van der Waals surface area contributed by atoms with Crippen molar-refractivity contribution in [2.75, 3.05) is 19.0 Å². The number of carbonyl (C=O) groups is 1. The maximum absolute atomic E-state index is 12.3. The van der Waals surface area contributed by atoms with Gasteiger partial charge in [0.05, 0.1) is 18.6 Å². The lowest BCUT2D eigenvalue weighted by Crippen LogP contribution is -2.12. The Hall–Kier alpha value is -3.09. The van der Waals surface area contributed by atoms with Gasteiger partial charge < -0.3 is 14.8 Å². The molecule has 0 radical (unpaired) electrons. The van der Waals surface area contributed by atoms with E-state index >= 15 is 0 Å². The summed E-state index contributed by atoms with van der Waals surface area (Å²) >= 11 is 0. The second-order valence-electron chi connectivity index (χ2n) is 5.32. The second-order valence-corrected chi connectivity index (χ2v) is 5.32. The molecule has 0 aromatic heterocycles. The zero-order valence-corrected chi connectivity index (χ0v) is 14.2. The number of nitrogens with zero attached hydrogens (tertiary/aromatic N) is 1. The van der Waals surface area contributed by atoms with Gasteiger partial charge in [-0.15, -0.1) is 0 Å². The van der Waals surface area contributed by atoms with Crippen LogP contribution in [0.25, 0.3) is 0 Å². The van der Waals surface area contributed by atoms with Gasteiger partial charge in [0.15, 0.2) is 5.75 Å². The fraction of sp³-hybridized carbons (Fsp3) is 0.278. The molecule has 0 bridgehead atoms. The van der Waals surface area contributed by atoms with Crippen molar-refractivity contribution in [2.24, 2.45) is 0 Å². The van der Waals surface area contributed by atoms with Crippen molar-refractivity contribution in [1.82, 2.24) is 0 Å². The first kappa shape index (κ1) is 18.3. The zero-order chi connectivity index (χ0) is 18.2. The van der Waals surface area contributed by atoms with E-state index in [0.29, 0.717) is 23.6 Å². The number of benzene rings is 2. The minimum absolute atomic E-state index is 0.136. The molecule has 0 saturated carbocycles. The van der Waals surface area contributed by atoms with Crippen LogP contribution in [0.1, 0.15) is 30.1 Å². The summed E-state index contributed by atoms with van der Waals surface area (Å²) in [5.41, 5.74) is 0.544. The fourth-order valence-corrected chi connectivity index (χ4v) is 2.15. The van der Waals surface area contributed by atoms with Gasteiger partial charge in [-0.05, 0) is 42.8 Å². The number of amides is 1. The van der Waals surface area contributed by atoms with Crippen LogP contribution in [0.3, 0.4) is 0 Å². The molecule has 0 spiro atoms. The number of nitro groups is 1. The highest BCUT2D eigenvalue weighted by atomic mass is 16.6. The molecule has 2 aromatic carbocycles. The van der Waals surface area contributed by atoms with Crippen LogP contribution in [-0.2, 0) is 0 Å². The minimum Gasteiger partial charge on any atom is -0.494 e. The number of hydrogen-bond donors (Lipinski definition) is 1. The van der Waals surface area contributed by atoms with Gasteiger partial charge in [0.1, 0.15) is 5.75 Å². The topological polar surface area (TPSA) is 90.7 Å². The van der Waals surface area contributed by atoms with E-state index < -0.39 is 4.92 Å². The molecule has 0 aliphatic rings. The van der Waals surface area contributed by atoms with E-state index in [9.17, 15) is 14.9 Å². The van der Waals surface area contributed by atoms with Crippen molar-refractivity contribution < 1.29 is 19.2 Å². The first-order valence-electron chi connectivity index (χ1n) is 7.91. The lowest BCUT2D eigenvalue weighted by molar-refractivity contribution is -0.385. The molecule has 0 atom stereocenters. The molecular weight excluding hydrogens is 324 g/mol. The van der Waals surface area contributed by atoms with Gasteiger partial charge in [-0.3, -0.25) is 14.9 Å². The predicted octanol–water partition coefficient (Wildman–Crippen LogP) is 4.03. The lowest BCUT2D eigenvalue weighted by atomic mass is 10.2. The van der Waals surface area contributed by atoms with E-state index in [1.807, 2.05) is 0 Å². The van der Waals surface area contributed by atoms with Crippen molar-refractivity contribution in [2.45, 2.75) is 19.8 Å². The van der Waals surface area contributed by atoms with E-state index in [4.69, 9.17) is 9.47 Å². The van der Waals surface area contributed by atoms with Gasteiger partial charge in [0.25, 0.3) is 5.91 Å². The summed E-state index contributed by atoms with van der Waals surface area (Å²) in [5, 5.41) is 13.7. The number of methoxy groups -OCH3 is 1. The Morgan fingerprint density at radius 1 is 1.20 bits per heavy atom. The van der Waals surface area contributed by atoms with Gasteiger partial charge in [-0.2, -0.15) is 0 Å². The van der Waals surface area contributed by atoms with Gasteiger partial charge >= 0.3 is 5.69 Å². The quantitative estimate of drug-likeness (QED) is 0.443. The number of ether oxygens (including phenoxy) is 2. The molecule has 1 amide bonds. The molecule has 2 aromatic rings. The number of nitrogens with one attached hydrogen (secondary N) is 1. The van der Waals surface area contributed by atoms with Gasteiger partial charge in [0, 0.05) is 17.3 Å². The number of rotatable bonds is 8. The molecular formula is C18H20N2O5. The average Bonchev–Trinajstić information content (AvgIpc) is 2.62. The maximum Gasteiger partial charge on any atom is 0.312 e. The van der Waals surface area contributed by atoms with Gasteiger partial charge in [-0.1, -0.05) is 13.3 Å². The molecule has 0 fully saturated rings. The number of hydrogen-bond acceptors (Lipinski definition) is 5. The van der Waals surface area contributed by atoms with E-state index in [1.165, 1.54) is 19.2 Å². The maximum atomic E-state index is 12.3. The highest BCUT2D eigenvalue weighted by Gasteiger charge is 2.16. The third kappa shape index (κ3) is 4.94. The van der Waals surface area contributed by atoms with Crippen molar-refractivity contribution in [3.8, 4) is 11.5 Å². The molecule has 0 aliphatic carbocycles. The summed E-state index contributed by atoms with van der Waals surface area (Å²) in [6, 6.07) is 11.0. The van der Waals surface area contributed by atoms with E-state index in [1.54, 1.807) is 30.3 Å². The van der Waals surface area contributed by atoms with Gasteiger partial charge in [0.2, 0.25) is 0 Å². The molecule has 0 aliphatic heterocycles. The van der Waals surface area contributed by atoms with Crippen LogP contribution in [0, 0.1) is 10.1 Å². The summed E-state index contributed by atoms with van der Waals surface area (Å²) < 4.78 is 10.5. The molecule has 0 saturated heterocycles. The number of unbranched alkanes of at least 4 members (excludes halogenated alkanes) is 1. The standard InChI is InChI=1S/C18H20N2O5/c1-3-4-11-25-15-8-5-13(6-9-15)18(21)19-14-7-10-17(24-2)16(12-14)20(22)23/h5-10,12H,3-4,11H2,1-2H3,(H,19,21). The first-order chi connectivity index (χ1) is 12.0. The first-order valence-corrected chi connectivity index (χ1v) is 7.91. The Morgan fingerprint density at radius 2 is 1.92 bits per heavy atom. The van der Waals surface area contributed by atoms with Crippen molar-refractivity contribution in [3.63, 3.8) is 0 Å². The molecule has 7 heteroatoms.